The normalized spacial score (nSPS) is 14.5. The molecule has 0 saturated heterocycles. The summed E-state index contributed by atoms with van der Waals surface area (Å²) in [5.41, 5.74) is 0.773. The second kappa shape index (κ2) is 6.84. The largest absolute Gasteiger partial charge is 0.331 e. The molecule has 1 aromatic heterocycles. The molecule has 7 heteroatoms. The van der Waals surface area contributed by atoms with Gasteiger partial charge in [0.25, 0.3) is 0 Å². The quantitative estimate of drug-likeness (QED) is 0.808. The molecule has 1 aliphatic carbocycles. The fraction of sp³-hybridized carbons (Fsp3) is 0.471. The Morgan fingerprint density at radius 1 is 1.29 bits per heavy atom. The molecule has 24 heavy (non-hydrogen) atoms. The molecule has 0 atom stereocenters. The summed E-state index contributed by atoms with van der Waals surface area (Å²) < 4.78 is 2.21. The number of amides is 2. The van der Waals surface area contributed by atoms with Gasteiger partial charge in [0.15, 0.2) is 5.82 Å². The predicted molar refractivity (Wildman–Crippen MR) is 96.2 cm³/mol. The second-order valence-electron chi connectivity index (χ2n) is 6.93. The van der Waals surface area contributed by atoms with Gasteiger partial charge in [-0.25, -0.2) is 4.79 Å². The molecule has 1 heterocycles. The number of nitrogens with zero attached hydrogens (tertiary/aromatic N) is 3. The molecule has 0 bridgehead atoms. The van der Waals surface area contributed by atoms with Crippen molar-refractivity contribution in [3.8, 4) is 0 Å². The molecule has 2 amide bonds. The lowest BCUT2D eigenvalue weighted by Crippen LogP contribution is -2.29. The van der Waals surface area contributed by atoms with Crippen molar-refractivity contribution in [3.05, 3.63) is 36.4 Å². The van der Waals surface area contributed by atoms with E-state index >= 15 is 0 Å². The van der Waals surface area contributed by atoms with Crippen LogP contribution in [0.3, 0.4) is 0 Å². The summed E-state index contributed by atoms with van der Waals surface area (Å²) in [4.78, 5) is 13.2. The van der Waals surface area contributed by atoms with E-state index in [1.807, 2.05) is 28.8 Å². The van der Waals surface area contributed by atoms with Crippen LogP contribution in [-0.4, -0.2) is 25.5 Å². The van der Waals surface area contributed by atoms with Crippen LogP contribution in [-0.2, 0) is 6.54 Å². The van der Waals surface area contributed by atoms with Gasteiger partial charge in [-0.15, -0.1) is 22.0 Å². The Hall–Kier alpha value is -2.02. The van der Waals surface area contributed by atoms with Gasteiger partial charge in [0.1, 0.15) is 6.33 Å². The summed E-state index contributed by atoms with van der Waals surface area (Å²) >= 11 is 1.80. The van der Waals surface area contributed by atoms with Gasteiger partial charge in [-0.3, -0.25) is 0 Å². The van der Waals surface area contributed by atoms with Gasteiger partial charge in [0.05, 0.1) is 6.54 Å². The number of nitrogens with one attached hydrogen (secondary N) is 2. The van der Waals surface area contributed by atoms with Gasteiger partial charge in [-0.2, -0.15) is 0 Å². The van der Waals surface area contributed by atoms with Crippen LogP contribution in [0.15, 0.2) is 35.5 Å². The lowest BCUT2D eigenvalue weighted by Gasteiger charge is -2.17. The van der Waals surface area contributed by atoms with Crippen LogP contribution in [0.2, 0.25) is 0 Å². The minimum absolute atomic E-state index is 0.170. The number of urea groups is 1. The van der Waals surface area contributed by atoms with Crippen molar-refractivity contribution >= 4 is 23.5 Å². The summed E-state index contributed by atoms with van der Waals surface area (Å²) in [7, 11) is 0. The number of carbonyl (C=O) groups excluding carboxylic acids is 1. The van der Waals surface area contributed by atoms with Gasteiger partial charge in [0, 0.05) is 21.4 Å². The highest BCUT2D eigenvalue weighted by Crippen LogP contribution is 2.35. The molecule has 0 unspecified atom stereocenters. The molecular formula is C17H23N5OS. The number of carbonyl (C=O) groups is 1. The zero-order valence-corrected chi connectivity index (χ0v) is 15.1. The molecule has 3 rings (SSSR count). The van der Waals surface area contributed by atoms with Crippen LogP contribution in [0, 0.1) is 0 Å². The molecule has 1 fully saturated rings. The molecule has 0 radical (unpaired) electrons. The zero-order valence-electron chi connectivity index (χ0n) is 14.2. The van der Waals surface area contributed by atoms with Crippen molar-refractivity contribution in [2.24, 2.45) is 0 Å². The fourth-order valence-corrected chi connectivity index (χ4v) is 3.32. The molecule has 1 aromatic carbocycles. The molecule has 1 aliphatic rings. The Morgan fingerprint density at radius 2 is 2.00 bits per heavy atom. The summed E-state index contributed by atoms with van der Waals surface area (Å²) in [6.07, 6.45) is 4.06. The van der Waals surface area contributed by atoms with E-state index in [0.717, 1.165) is 24.4 Å². The third-order valence-corrected chi connectivity index (χ3v) is 4.65. The van der Waals surface area contributed by atoms with Crippen LogP contribution in [0.25, 0.3) is 0 Å². The molecule has 6 nitrogen and oxygen atoms in total. The van der Waals surface area contributed by atoms with E-state index in [1.54, 1.807) is 18.1 Å². The minimum atomic E-state index is -0.239. The molecule has 0 aliphatic heterocycles. The maximum absolute atomic E-state index is 12.0. The molecular weight excluding hydrogens is 322 g/mol. The second-order valence-corrected chi connectivity index (χ2v) is 8.83. The van der Waals surface area contributed by atoms with Crippen molar-refractivity contribution in [1.29, 1.82) is 0 Å². The Balaban J connectivity index is 1.50. The van der Waals surface area contributed by atoms with Crippen LogP contribution in [0.5, 0.6) is 0 Å². The number of anilines is 1. The average molecular weight is 345 g/mol. The third kappa shape index (κ3) is 4.74. The zero-order chi connectivity index (χ0) is 17.2. The Bertz CT molecular complexity index is 701. The lowest BCUT2D eigenvalue weighted by atomic mass is 10.3. The highest BCUT2D eigenvalue weighted by molar-refractivity contribution is 8.00. The van der Waals surface area contributed by atoms with E-state index in [-0.39, 0.29) is 10.8 Å². The lowest BCUT2D eigenvalue weighted by molar-refractivity contribution is 0.251. The Kier molecular flexibility index (Phi) is 4.80. The van der Waals surface area contributed by atoms with Gasteiger partial charge >= 0.3 is 6.03 Å². The Labute approximate surface area is 146 Å². The smallest absolute Gasteiger partial charge is 0.319 e. The maximum Gasteiger partial charge on any atom is 0.319 e. The first kappa shape index (κ1) is 16.8. The van der Waals surface area contributed by atoms with Crippen LogP contribution < -0.4 is 10.6 Å². The highest BCUT2D eigenvalue weighted by atomic mass is 32.2. The van der Waals surface area contributed by atoms with Crippen molar-refractivity contribution in [2.45, 2.75) is 55.8 Å². The van der Waals surface area contributed by atoms with Crippen LogP contribution in [0.1, 0.15) is 45.5 Å². The van der Waals surface area contributed by atoms with Crippen molar-refractivity contribution in [2.75, 3.05) is 5.32 Å². The number of thioether (sulfide) groups is 1. The maximum atomic E-state index is 12.0. The highest BCUT2D eigenvalue weighted by Gasteiger charge is 2.26. The topological polar surface area (TPSA) is 71.8 Å². The van der Waals surface area contributed by atoms with E-state index in [4.69, 9.17) is 0 Å². The van der Waals surface area contributed by atoms with E-state index < -0.39 is 0 Å². The summed E-state index contributed by atoms with van der Waals surface area (Å²) in [6, 6.07) is 8.15. The minimum Gasteiger partial charge on any atom is -0.331 e. The first-order valence-electron chi connectivity index (χ1n) is 8.13. The summed E-state index contributed by atoms with van der Waals surface area (Å²) in [5, 5.41) is 13.7. The van der Waals surface area contributed by atoms with Crippen molar-refractivity contribution < 1.29 is 4.79 Å². The number of aromatic nitrogens is 3. The molecule has 128 valence electrons. The third-order valence-electron chi connectivity index (χ3n) is 3.53. The molecule has 1 saturated carbocycles. The van der Waals surface area contributed by atoms with E-state index in [0.29, 0.717) is 12.6 Å². The van der Waals surface area contributed by atoms with E-state index in [2.05, 4.69) is 41.6 Å². The number of hydrogen-bond acceptors (Lipinski definition) is 4. The molecule has 2 N–H and O–H groups in total. The fourth-order valence-electron chi connectivity index (χ4n) is 2.35. The number of rotatable bonds is 5. The van der Waals surface area contributed by atoms with Crippen LogP contribution in [0.4, 0.5) is 10.5 Å². The first-order chi connectivity index (χ1) is 11.4. The first-order valence-corrected chi connectivity index (χ1v) is 8.95. The van der Waals surface area contributed by atoms with Gasteiger partial charge in [0.2, 0.25) is 0 Å². The number of benzene rings is 1. The van der Waals surface area contributed by atoms with Crippen molar-refractivity contribution in [3.63, 3.8) is 0 Å². The van der Waals surface area contributed by atoms with Gasteiger partial charge in [-0.05, 0) is 37.1 Å². The standard InChI is InChI=1S/C17H23N5OS/c1-17(2,3)24-14-8-4-12(5-9-14)20-16(23)18-10-15-21-19-11-22(15)13-6-7-13/h4-5,8-9,11,13H,6-7,10H2,1-3H3,(H2,18,20,23). The number of hydrogen-bond donors (Lipinski definition) is 2. The Morgan fingerprint density at radius 3 is 2.62 bits per heavy atom. The SMILES string of the molecule is CC(C)(C)Sc1ccc(NC(=O)NCc2nncn2C2CC2)cc1. The van der Waals surface area contributed by atoms with E-state index in [1.165, 1.54) is 4.90 Å². The molecule has 0 spiro atoms. The predicted octanol–water partition coefficient (Wildman–Crippen LogP) is 3.83. The average Bonchev–Trinajstić information content (AvgIpc) is 3.24. The summed E-state index contributed by atoms with van der Waals surface area (Å²) in [5.74, 6) is 0.796. The van der Waals surface area contributed by atoms with Crippen molar-refractivity contribution in [1.82, 2.24) is 20.1 Å². The monoisotopic (exact) mass is 345 g/mol. The van der Waals surface area contributed by atoms with Crippen LogP contribution >= 0.6 is 11.8 Å². The van der Waals surface area contributed by atoms with Gasteiger partial charge < -0.3 is 15.2 Å². The van der Waals surface area contributed by atoms with E-state index in [9.17, 15) is 4.79 Å². The molecule has 2 aromatic rings. The van der Waals surface area contributed by atoms with Gasteiger partial charge in [-0.1, -0.05) is 20.8 Å². The summed E-state index contributed by atoms with van der Waals surface area (Å²) in [6.45, 7) is 6.91.